The van der Waals surface area contributed by atoms with Gasteiger partial charge in [0.15, 0.2) is 0 Å². The van der Waals surface area contributed by atoms with E-state index in [4.69, 9.17) is 0 Å². The van der Waals surface area contributed by atoms with E-state index < -0.39 is 0 Å². The second-order valence-electron chi connectivity index (χ2n) is 5.79. The van der Waals surface area contributed by atoms with Gasteiger partial charge in [0, 0.05) is 0 Å². The molecule has 0 saturated carbocycles. The minimum absolute atomic E-state index is 0.491. The SMILES string of the molecule is C[C](Cc1cccc2ccccc12)C(C)c1ccccc1. The van der Waals surface area contributed by atoms with E-state index >= 15 is 0 Å². The molecule has 3 rings (SSSR count). The van der Waals surface area contributed by atoms with Crippen molar-refractivity contribution in [1.29, 1.82) is 0 Å². The van der Waals surface area contributed by atoms with Gasteiger partial charge in [0.05, 0.1) is 0 Å². The van der Waals surface area contributed by atoms with Gasteiger partial charge in [0.2, 0.25) is 0 Å². The highest BCUT2D eigenvalue weighted by Gasteiger charge is 2.16. The fraction of sp³-hybridized carbons (Fsp3) is 0.190. The molecule has 0 aliphatic rings. The van der Waals surface area contributed by atoms with Crippen molar-refractivity contribution < 1.29 is 0 Å². The van der Waals surface area contributed by atoms with Crippen molar-refractivity contribution in [3.8, 4) is 0 Å². The molecule has 0 heterocycles. The van der Waals surface area contributed by atoms with Crippen LogP contribution in [0.4, 0.5) is 0 Å². The minimum Gasteiger partial charge on any atom is -0.0622 e. The summed E-state index contributed by atoms with van der Waals surface area (Å²) in [6.07, 6.45) is 1.04. The fourth-order valence-electron chi connectivity index (χ4n) is 2.93. The first-order valence-electron chi connectivity index (χ1n) is 7.59. The lowest BCUT2D eigenvalue weighted by molar-refractivity contribution is 0.729. The molecule has 0 aromatic heterocycles. The van der Waals surface area contributed by atoms with E-state index in [2.05, 4.69) is 86.6 Å². The Morgan fingerprint density at radius 2 is 1.48 bits per heavy atom. The first-order valence-corrected chi connectivity index (χ1v) is 7.59. The van der Waals surface area contributed by atoms with Gasteiger partial charge < -0.3 is 0 Å². The molecule has 105 valence electrons. The van der Waals surface area contributed by atoms with E-state index in [0.717, 1.165) is 6.42 Å². The average molecular weight is 273 g/mol. The molecule has 0 spiro atoms. The van der Waals surface area contributed by atoms with Crippen LogP contribution in [0.25, 0.3) is 10.8 Å². The van der Waals surface area contributed by atoms with E-state index in [-0.39, 0.29) is 0 Å². The van der Waals surface area contributed by atoms with Crippen LogP contribution in [0.3, 0.4) is 0 Å². The molecule has 0 nitrogen and oxygen atoms in total. The zero-order valence-electron chi connectivity index (χ0n) is 12.7. The van der Waals surface area contributed by atoms with Crippen LogP contribution in [0.5, 0.6) is 0 Å². The molecule has 0 fully saturated rings. The first kappa shape index (κ1) is 13.9. The fourth-order valence-corrected chi connectivity index (χ4v) is 2.93. The summed E-state index contributed by atoms with van der Waals surface area (Å²) in [5.74, 6) is 2.00. The number of benzene rings is 3. The third-order valence-corrected chi connectivity index (χ3v) is 4.39. The van der Waals surface area contributed by atoms with Gasteiger partial charge in [0.25, 0.3) is 0 Å². The van der Waals surface area contributed by atoms with Gasteiger partial charge in [-0.25, -0.2) is 0 Å². The summed E-state index contributed by atoms with van der Waals surface area (Å²) >= 11 is 0. The van der Waals surface area contributed by atoms with E-state index in [9.17, 15) is 0 Å². The molecular weight excluding hydrogens is 252 g/mol. The number of hydrogen-bond donors (Lipinski definition) is 0. The zero-order chi connectivity index (χ0) is 14.7. The van der Waals surface area contributed by atoms with Crippen LogP contribution in [0.1, 0.15) is 30.9 Å². The monoisotopic (exact) mass is 273 g/mol. The quantitative estimate of drug-likeness (QED) is 0.565. The number of hydrogen-bond acceptors (Lipinski definition) is 0. The lowest BCUT2D eigenvalue weighted by Gasteiger charge is -2.20. The van der Waals surface area contributed by atoms with Crippen LogP contribution < -0.4 is 0 Å². The van der Waals surface area contributed by atoms with Crippen LogP contribution >= 0.6 is 0 Å². The van der Waals surface area contributed by atoms with Gasteiger partial charge in [-0.15, -0.1) is 0 Å². The Hall–Kier alpha value is -2.08. The van der Waals surface area contributed by atoms with Crippen molar-refractivity contribution in [3.05, 3.63) is 89.8 Å². The molecule has 0 saturated heterocycles. The number of fused-ring (bicyclic) bond motifs is 1. The van der Waals surface area contributed by atoms with E-state index in [1.165, 1.54) is 27.8 Å². The Bertz CT molecular complexity index is 707. The second kappa shape index (κ2) is 6.13. The van der Waals surface area contributed by atoms with Crippen molar-refractivity contribution in [2.75, 3.05) is 0 Å². The van der Waals surface area contributed by atoms with E-state index in [1.54, 1.807) is 0 Å². The molecular formula is C21H21. The van der Waals surface area contributed by atoms with Crippen LogP contribution in [-0.2, 0) is 6.42 Å². The van der Waals surface area contributed by atoms with E-state index in [0.29, 0.717) is 5.92 Å². The molecule has 0 aliphatic carbocycles. The maximum Gasteiger partial charge on any atom is -0.0128 e. The van der Waals surface area contributed by atoms with Gasteiger partial charge in [-0.05, 0) is 40.2 Å². The molecule has 0 amide bonds. The predicted octanol–water partition coefficient (Wildman–Crippen LogP) is 5.78. The van der Waals surface area contributed by atoms with Gasteiger partial charge in [-0.2, -0.15) is 0 Å². The molecule has 0 aliphatic heterocycles. The Labute approximate surface area is 127 Å². The molecule has 3 aromatic rings. The molecule has 1 atom stereocenters. The summed E-state index contributed by atoms with van der Waals surface area (Å²) < 4.78 is 0. The van der Waals surface area contributed by atoms with Crippen LogP contribution in [-0.4, -0.2) is 0 Å². The van der Waals surface area contributed by atoms with Crippen LogP contribution in [0.15, 0.2) is 72.8 Å². The summed E-state index contributed by atoms with van der Waals surface area (Å²) in [7, 11) is 0. The summed E-state index contributed by atoms with van der Waals surface area (Å²) in [4.78, 5) is 0. The number of rotatable bonds is 4. The standard InChI is InChI=1S/C21H21/c1-16(17(2)18-9-4-3-5-10-18)15-20-13-8-12-19-11-6-7-14-21(19)20/h3-14,17H,15H2,1-2H3. The molecule has 1 unspecified atom stereocenters. The highest BCUT2D eigenvalue weighted by atomic mass is 14.2. The van der Waals surface area contributed by atoms with Crippen LogP contribution in [0.2, 0.25) is 0 Å². The minimum atomic E-state index is 0.491. The average Bonchev–Trinajstić information content (AvgIpc) is 2.55. The smallest absolute Gasteiger partial charge is 0.0128 e. The first-order chi connectivity index (χ1) is 10.3. The lowest BCUT2D eigenvalue weighted by Crippen LogP contribution is -2.07. The molecule has 0 bridgehead atoms. The Morgan fingerprint density at radius 1 is 0.810 bits per heavy atom. The van der Waals surface area contributed by atoms with Crippen molar-refractivity contribution >= 4 is 10.8 Å². The Kier molecular flexibility index (Phi) is 4.06. The third-order valence-electron chi connectivity index (χ3n) is 4.39. The van der Waals surface area contributed by atoms with Gasteiger partial charge in [-0.1, -0.05) is 86.6 Å². The zero-order valence-corrected chi connectivity index (χ0v) is 12.7. The van der Waals surface area contributed by atoms with Crippen molar-refractivity contribution in [2.24, 2.45) is 0 Å². The van der Waals surface area contributed by atoms with Crippen molar-refractivity contribution in [2.45, 2.75) is 26.2 Å². The summed E-state index contributed by atoms with van der Waals surface area (Å²) in [5.41, 5.74) is 2.82. The topological polar surface area (TPSA) is 0 Å². The molecule has 1 radical (unpaired) electrons. The Morgan fingerprint density at radius 3 is 2.29 bits per heavy atom. The second-order valence-corrected chi connectivity index (χ2v) is 5.79. The third kappa shape index (κ3) is 3.00. The van der Waals surface area contributed by atoms with Gasteiger partial charge >= 0.3 is 0 Å². The highest BCUT2D eigenvalue weighted by Crippen LogP contribution is 2.30. The summed E-state index contributed by atoms with van der Waals surface area (Å²) in [6, 6.07) is 26.0. The molecule has 0 heteroatoms. The van der Waals surface area contributed by atoms with Gasteiger partial charge in [-0.3, -0.25) is 0 Å². The molecule has 0 N–H and O–H groups in total. The van der Waals surface area contributed by atoms with Crippen molar-refractivity contribution in [1.82, 2.24) is 0 Å². The van der Waals surface area contributed by atoms with E-state index in [1.807, 2.05) is 0 Å². The van der Waals surface area contributed by atoms with Gasteiger partial charge in [0.1, 0.15) is 0 Å². The maximum atomic E-state index is 2.30. The summed E-state index contributed by atoms with van der Waals surface area (Å²) in [5, 5.41) is 2.70. The maximum absolute atomic E-state index is 2.30. The predicted molar refractivity (Wildman–Crippen MR) is 91.4 cm³/mol. The van der Waals surface area contributed by atoms with Crippen molar-refractivity contribution in [3.63, 3.8) is 0 Å². The van der Waals surface area contributed by atoms with Crippen LogP contribution in [0, 0.1) is 5.92 Å². The molecule has 21 heavy (non-hydrogen) atoms. The Balaban J connectivity index is 1.85. The normalized spacial score (nSPS) is 12.7. The lowest BCUT2D eigenvalue weighted by atomic mass is 9.84. The molecule has 3 aromatic carbocycles. The highest BCUT2D eigenvalue weighted by molar-refractivity contribution is 5.85. The largest absolute Gasteiger partial charge is 0.0622 e. The summed E-state index contributed by atoms with van der Waals surface area (Å²) in [6.45, 7) is 4.58.